The van der Waals surface area contributed by atoms with Gasteiger partial charge in [-0.2, -0.15) is 0 Å². The molecule has 1 saturated heterocycles. The van der Waals surface area contributed by atoms with Gasteiger partial charge in [-0.15, -0.1) is 0 Å². The van der Waals surface area contributed by atoms with Crippen LogP contribution in [-0.2, 0) is 0 Å². The van der Waals surface area contributed by atoms with Gasteiger partial charge in [-0.05, 0) is 25.0 Å². The molecule has 1 aliphatic heterocycles. The van der Waals surface area contributed by atoms with Gasteiger partial charge in [0.1, 0.15) is 0 Å². The summed E-state index contributed by atoms with van der Waals surface area (Å²) in [5.41, 5.74) is 15.5. The summed E-state index contributed by atoms with van der Waals surface area (Å²) in [4.78, 5) is 12.0. The number of hydrogen-bond donors (Lipinski definition) is 3. The van der Waals surface area contributed by atoms with Crippen molar-refractivity contribution in [3.63, 3.8) is 0 Å². The predicted molar refractivity (Wildman–Crippen MR) is 68.2 cm³/mol. The average Bonchev–Trinajstić information content (AvgIpc) is 2.34. The van der Waals surface area contributed by atoms with E-state index in [9.17, 15) is 4.79 Å². The van der Waals surface area contributed by atoms with Crippen LogP contribution in [0.2, 0.25) is 0 Å². The zero-order chi connectivity index (χ0) is 12.3. The van der Waals surface area contributed by atoms with E-state index in [4.69, 9.17) is 11.5 Å². The van der Waals surface area contributed by atoms with Gasteiger partial charge >= 0.3 is 0 Å². The van der Waals surface area contributed by atoms with Crippen molar-refractivity contribution in [3.8, 4) is 0 Å². The van der Waals surface area contributed by atoms with Crippen LogP contribution >= 0.6 is 0 Å². The molecule has 0 bridgehead atoms. The van der Waals surface area contributed by atoms with Gasteiger partial charge in [0.05, 0.1) is 16.9 Å². The zero-order valence-electron chi connectivity index (χ0n) is 9.78. The number of rotatable bonds is 2. The monoisotopic (exact) mass is 234 g/mol. The molecule has 1 aliphatic rings. The van der Waals surface area contributed by atoms with E-state index in [0.29, 0.717) is 16.9 Å². The SMILES string of the molecule is Nc1cccc(C(=O)NN2CCCCC2)c1N. The minimum atomic E-state index is -0.184. The molecule has 1 fully saturated rings. The lowest BCUT2D eigenvalue weighted by Crippen LogP contribution is -2.45. The van der Waals surface area contributed by atoms with E-state index >= 15 is 0 Å². The summed E-state index contributed by atoms with van der Waals surface area (Å²) < 4.78 is 0. The fourth-order valence-electron chi connectivity index (χ4n) is 1.99. The summed E-state index contributed by atoms with van der Waals surface area (Å²) >= 11 is 0. The molecule has 5 heteroatoms. The minimum absolute atomic E-state index is 0.184. The highest BCUT2D eigenvalue weighted by Crippen LogP contribution is 2.19. The number of carbonyl (C=O) groups is 1. The van der Waals surface area contributed by atoms with Gasteiger partial charge < -0.3 is 11.5 Å². The molecule has 92 valence electrons. The third-order valence-corrected chi connectivity index (χ3v) is 3.00. The number of hydrazine groups is 1. The van der Waals surface area contributed by atoms with Gasteiger partial charge in [0.25, 0.3) is 5.91 Å². The molecule has 0 unspecified atom stereocenters. The van der Waals surface area contributed by atoms with Crippen LogP contribution in [0.3, 0.4) is 0 Å². The van der Waals surface area contributed by atoms with Crippen LogP contribution in [0, 0.1) is 0 Å². The first-order chi connectivity index (χ1) is 8.18. The fourth-order valence-corrected chi connectivity index (χ4v) is 1.99. The van der Waals surface area contributed by atoms with Crippen LogP contribution in [0.1, 0.15) is 29.6 Å². The number of nitrogen functional groups attached to an aromatic ring is 2. The zero-order valence-corrected chi connectivity index (χ0v) is 9.78. The molecular formula is C12H18N4O. The van der Waals surface area contributed by atoms with E-state index in [1.54, 1.807) is 18.2 Å². The minimum Gasteiger partial charge on any atom is -0.397 e. The molecule has 0 atom stereocenters. The highest BCUT2D eigenvalue weighted by Gasteiger charge is 2.16. The summed E-state index contributed by atoms with van der Waals surface area (Å²) in [6.45, 7) is 1.79. The van der Waals surface area contributed by atoms with Crippen molar-refractivity contribution in [1.29, 1.82) is 0 Å². The third-order valence-electron chi connectivity index (χ3n) is 3.00. The van der Waals surface area contributed by atoms with E-state index in [1.165, 1.54) is 6.42 Å². The maximum absolute atomic E-state index is 12.0. The summed E-state index contributed by atoms with van der Waals surface area (Å²) in [6.07, 6.45) is 3.46. The first kappa shape index (κ1) is 11.7. The topological polar surface area (TPSA) is 84.4 Å². The molecule has 5 N–H and O–H groups in total. The number of hydrogen-bond acceptors (Lipinski definition) is 4. The summed E-state index contributed by atoms with van der Waals surface area (Å²) in [7, 11) is 0. The lowest BCUT2D eigenvalue weighted by molar-refractivity contribution is 0.0751. The maximum Gasteiger partial charge on any atom is 0.267 e. The highest BCUT2D eigenvalue weighted by atomic mass is 16.2. The fraction of sp³-hybridized carbons (Fsp3) is 0.417. The molecule has 1 aromatic rings. The van der Waals surface area contributed by atoms with Crippen molar-refractivity contribution in [1.82, 2.24) is 10.4 Å². The van der Waals surface area contributed by atoms with E-state index in [-0.39, 0.29) is 5.91 Å². The summed E-state index contributed by atoms with van der Waals surface area (Å²) in [5.74, 6) is -0.184. The normalized spacial score (nSPS) is 16.7. The summed E-state index contributed by atoms with van der Waals surface area (Å²) in [5, 5.41) is 1.94. The van der Waals surface area contributed by atoms with Crippen LogP contribution in [-0.4, -0.2) is 24.0 Å². The van der Waals surface area contributed by atoms with Crippen molar-refractivity contribution >= 4 is 17.3 Å². The average molecular weight is 234 g/mol. The van der Waals surface area contributed by atoms with Gasteiger partial charge in [0.2, 0.25) is 0 Å². The van der Waals surface area contributed by atoms with Crippen molar-refractivity contribution < 1.29 is 4.79 Å². The van der Waals surface area contributed by atoms with Crippen molar-refractivity contribution in [3.05, 3.63) is 23.8 Å². The Kier molecular flexibility index (Phi) is 3.49. The number of nitrogens with one attached hydrogen (secondary N) is 1. The molecule has 0 aromatic heterocycles. The second-order valence-corrected chi connectivity index (χ2v) is 4.30. The first-order valence-corrected chi connectivity index (χ1v) is 5.88. The highest BCUT2D eigenvalue weighted by molar-refractivity contribution is 6.01. The number of nitrogens with two attached hydrogens (primary N) is 2. The second kappa shape index (κ2) is 5.05. The Balaban J connectivity index is 2.06. The van der Waals surface area contributed by atoms with E-state index < -0.39 is 0 Å². The molecule has 1 amide bonds. The Labute approximate surface area is 101 Å². The Morgan fingerprint density at radius 3 is 2.59 bits per heavy atom. The molecule has 0 aliphatic carbocycles. The van der Waals surface area contributed by atoms with Crippen LogP contribution in [0.25, 0.3) is 0 Å². The largest absolute Gasteiger partial charge is 0.397 e. The summed E-state index contributed by atoms with van der Waals surface area (Å²) in [6, 6.07) is 5.11. The van der Waals surface area contributed by atoms with Gasteiger partial charge in [-0.25, -0.2) is 5.01 Å². The number of carbonyl (C=O) groups excluding carboxylic acids is 1. The lowest BCUT2D eigenvalue weighted by atomic mass is 10.1. The van der Waals surface area contributed by atoms with Crippen molar-refractivity contribution in [2.24, 2.45) is 0 Å². The molecule has 1 heterocycles. The Morgan fingerprint density at radius 1 is 1.18 bits per heavy atom. The molecule has 5 nitrogen and oxygen atoms in total. The van der Waals surface area contributed by atoms with Crippen LogP contribution in [0.15, 0.2) is 18.2 Å². The van der Waals surface area contributed by atoms with Crippen LogP contribution < -0.4 is 16.9 Å². The number of benzene rings is 1. The molecule has 0 spiro atoms. The molecular weight excluding hydrogens is 216 g/mol. The molecule has 2 rings (SSSR count). The Hall–Kier alpha value is -1.75. The van der Waals surface area contributed by atoms with Crippen LogP contribution in [0.4, 0.5) is 11.4 Å². The maximum atomic E-state index is 12.0. The van der Waals surface area contributed by atoms with E-state index in [1.807, 2.05) is 5.01 Å². The third kappa shape index (κ3) is 2.68. The predicted octanol–water partition coefficient (Wildman–Crippen LogP) is 0.982. The number of amides is 1. The number of nitrogens with zero attached hydrogens (tertiary/aromatic N) is 1. The van der Waals surface area contributed by atoms with Gasteiger partial charge in [-0.1, -0.05) is 12.5 Å². The van der Waals surface area contributed by atoms with Gasteiger partial charge in [0.15, 0.2) is 0 Å². The van der Waals surface area contributed by atoms with E-state index in [2.05, 4.69) is 5.43 Å². The van der Waals surface area contributed by atoms with Gasteiger partial charge in [0, 0.05) is 13.1 Å². The van der Waals surface area contributed by atoms with Gasteiger partial charge in [-0.3, -0.25) is 10.2 Å². The van der Waals surface area contributed by atoms with Crippen molar-refractivity contribution in [2.45, 2.75) is 19.3 Å². The smallest absolute Gasteiger partial charge is 0.267 e. The number of anilines is 2. The lowest BCUT2D eigenvalue weighted by Gasteiger charge is -2.27. The number of para-hydroxylation sites is 1. The molecule has 0 saturated carbocycles. The second-order valence-electron chi connectivity index (χ2n) is 4.30. The Bertz CT molecular complexity index is 413. The van der Waals surface area contributed by atoms with Crippen LogP contribution in [0.5, 0.6) is 0 Å². The standard InChI is InChI=1S/C12H18N4O/c13-10-6-4-5-9(11(10)14)12(17)15-16-7-2-1-3-8-16/h4-6H,1-3,7-8,13-14H2,(H,15,17). The Morgan fingerprint density at radius 2 is 1.88 bits per heavy atom. The molecule has 1 aromatic carbocycles. The van der Waals surface area contributed by atoms with Crippen molar-refractivity contribution in [2.75, 3.05) is 24.6 Å². The molecule has 17 heavy (non-hydrogen) atoms. The quantitative estimate of drug-likeness (QED) is 0.666. The molecule has 0 radical (unpaired) electrons. The van der Waals surface area contributed by atoms with E-state index in [0.717, 1.165) is 25.9 Å². The number of piperidine rings is 1. The first-order valence-electron chi connectivity index (χ1n) is 5.88.